The molecule has 0 bridgehead atoms. The minimum Gasteiger partial charge on any atom is -0.376 e. The molecule has 0 aliphatic rings. The van der Waals surface area contributed by atoms with Gasteiger partial charge in [0.2, 0.25) is 0 Å². The number of carbonyl (C=O) groups excluding carboxylic acids is 1. The molecule has 0 aliphatic carbocycles. The van der Waals surface area contributed by atoms with Gasteiger partial charge in [-0.1, -0.05) is 30.3 Å². The standard InChI is InChI=1S/C23H21N5O/c1-28(2)21-14-22(27-24-15-21)25-19-9-11-20(12-10-19)26-23(29)18-8-7-16-5-3-4-6-17(16)13-18/h3-15H,1-2H3,(H,25,27)(H,26,29). The molecule has 0 aliphatic heterocycles. The zero-order chi connectivity index (χ0) is 20.2. The molecule has 1 heterocycles. The zero-order valence-corrected chi connectivity index (χ0v) is 16.3. The smallest absolute Gasteiger partial charge is 0.255 e. The fourth-order valence-electron chi connectivity index (χ4n) is 2.98. The minimum atomic E-state index is -0.138. The molecular weight excluding hydrogens is 362 g/mol. The number of nitrogens with zero attached hydrogens (tertiary/aromatic N) is 3. The van der Waals surface area contributed by atoms with E-state index in [-0.39, 0.29) is 5.91 Å². The summed E-state index contributed by atoms with van der Waals surface area (Å²) in [6.07, 6.45) is 1.70. The summed E-state index contributed by atoms with van der Waals surface area (Å²) in [6, 6.07) is 23.1. The molecule has 1 aromatic heterocycles. The number of nitrogens with one attached hydrogen (secondary N) is 2. The largest absolute Gasteiger partial charge is 0.376 e. The number of hydrogen-bond donors (Lipinski definition) is 2. The summed E-state index contributed by atoms with van der Waals surface area (Å²) >= 11 is 0. The van der Waals surface area contributed by atoms with Crippen molar-refractivity contribution in [3.8, 4) is 0 Å². The topological polar surface area (TPSA) is 70.2 Å². The van der Waals surface area contributed by atoms with Gasteiger partial charge in [-0.3, -0.25) is 4.79 Å². The Kier molecular flexibility index (Phi) is 5.07. The van der Waals surface area contributed by atoms with Crippen LogP contribution in [0.1, 0.15) is 10.4 Å². The van der Waals surface area contributed by atoms with Gasteiger partial charge >= 0.3 is 0 Å². The highest BCUT2D eigenvalue weighted by molar-refractivity contribution is 6.06. The van der Waals surface area contributed by atoms with Crippen molar-refractivity contribution in [3.05, 3.63) is 84.6 Å². The normalized spacial score (nSPS) is 10.6. The number of amides is 1. The fraction of sp³-hybridized carbons (Fsp3) is 0.0870. The van der Waals surface area contributed by atoms with Crippen molar-refractivity contribution < 1.29 is 4.79 Å². The van der Waals surface area contributed by atoms with Crippen molar-refractivity contribution in [1.82, 2.24) is 10.2 Å². The quantitative estimate of drug-likeness (QED) is 0.523. The molecule has 3 aromatic carbocycles. The highest BCUT2D eigenvalue weighted by Crippen LogP contribution is 2.21. The maximum absolute atomic E-state index is 12.6. The summed E-state index contributed by atoms with van der Waals surface area (Å²) in [5, 5.41) is 16.4. The van der Waals surface area contributed by atoms with Gasteiger partial charge in [-0.2, -0.15) is 5.10 Å². The Morgan fingerprint density at radius 2 is 1.59 bits per heavy atom. The van der Waals surface area contributed by atoms with Crippen molar-refractivity contribution in [2.24, 2.45) is 0 Å². The van der Waals surface area contributed by atoms with E-state index in [1.807, 2.05) is 91.8 Å². The SMILES string of the molecule is CN(C)c1cnnc(Nc2ccc(NC(=O)c3ccc4ccccc4c3)cc2)c1. The second-order valence-electron chi connectivity index (χ2n) is 6.91. The molecule has 4 aromatic rings. The lowest BCUT2D eigenvalue weighted by Crippen LogP contribution is -2.11. The molecule has 6 nitrogen and oxygen atoms in total. The Bertz CT molecular complexity index is 1160. The summed E-state index contributed by atoms with van der Waals surface area (Å²) in [6.45, 7) is 0. The van der Waals surface area contributed by atoms with E-state index in [4.69, 9.17) is 0 Å². The number of rotatable bonds is 5. The van der Waals surface area contributed by atoms with Gasteiger partial charge in [0.05, 0.1) is 11.9 Å². The molecule has 144 valence electrons. The van der Waals surface area contributed by atoms with Gasteiger partial charge < -0.3 is 15.5 Å². The van der Waals surface area contributed by atoms with Crippen LogP contribution in [0.15, 0.2) is 79.0 Å². The summed E-state index contributed by atoms with van der Waals surface area (Å²) in [5.41, 5.74) is 3.17. The lowest BCUT2D eigenvalue weighted by Gasteiger charge is -2.13. The van der Waals surface area contributed by atoms with Gasteiger partial charge in [0.15, 0.2) is 5.82 Å². The third kappa shape index (κ3) is 4.32. The van der Waals surface area contributed by atoms with E-state index < -0.39 is 0 Å². The predicted octanol–water partition coefficient (Wildman–Crippen LogP) is 4.69. The molecular formula is C23H21N5O. The maximum atomic E-state index is 12.6. The molecule has 0 fully saturated rings. The average molecular weight is 383 g/mol. The summed E-state index contributed by atoms with van der Waals surface area (Å²) in [4.78, 5) is 14.5. The van der Waals surface area contributed by atoms with Gasteiger partial charge in [-0.15, -0.1) is 5.10 Å². The van der Waals surface area contributed by atoms with Crippen LogP contribution >= 0.6 is 0 Å². The Hall–Kier alpha value is -3.93. The summed E-state index contributed by atoms with van der Waals surface area (Å²) in [7, 11) is 3.90. The Labute approximate surface area is 169 Å². The van der Waals surface area contributed by atoms with Crippen LogP contribution in [0.25, 0.3) is 10.8 Å². The van der Waals surface area contributed by atoms with Gasteiger partial charge in [-0.05, 0) is 47.2 Å². The first kappa shape index (κ1) is 18.4. The van der Waals surface area contributed by atoms with Crippen LogP contribution < -0.4 is 15.5 Å². The highest BCUT2D eigenvalue weighted by Gasteiger charge is 2.07. The van der Waals surface area contributed by atoms with Crippen molar-refractivity contribution in [2.75, 3.05) is 29.6 Å². The van der Waals surface area contributed by atoms with Crippen LogP contribution in [0, 0.1) is 0 Å². The first-order valence-electron chi connectivity index (χ1n) is 9.26. The molecule has 2 N–H and O–H groups in total. The van der Waals surface area contributed by atoms with Crippen LogP contribution in [-0.2, 0) is 0 Å². The van der Waals surface area contributed by atoms with Gasteiger partial charge in [0.1, 0.15) is 0 Å². The van der Waals surface area contributed by atoms with Crippen LogP contribution in [0.3, 0.4) is 0 Å². The van der Waals surface area contributed by atoms with E-state index >= 15 is 0 Å². The van der Waals surface area contributed by atoms with Crippen molar-refractivity contribution in [2.45, 2.75) is 0 Å². The Balaban J connectivity index is 1.44. The maximum Gasteiger partial charge on any atom is 0.255 e. The summed E-state index contributed by atoms with van der Waals surface area (Å²) < 4.78 is 0. The van der Waals surface area contributed by atoms with E-state index in [1.54, 1.807) is 6.20 Å². The molecule has 0 spiro atoms. The van der Waals surface area contributed by atoms with Crippen molar-refractivity contribution in [1.29, 1.82) is 0 Å². The Morgan fingerprint density at radius 1 is 0.862 bits per heavy atom. The summed E-state index contributed by atoms with van der Waals surface area (Å²) in [5.74, 6) is 0.519. The van der Waals surface area contributed by atoms with Crippen LogP contribution in [-0.4, -0.2) is 30.2 Å². The number of hydrogen-bond acceptors (Lipinski definition) is 5. The van der Waals surface area contributed by atoms with E-state index in [1.165, 1.54) is 0 Å². The molecule has 0 saturated carbocycles. The van der Waals surface area contributed by atoms with Gasteiger partial charge in [0, 0.05) is 37.1 Å². The highest BCUT2D eigenvalue weighted by atomic mass is 16.1. The Morgan fingerprint density at radius 3 is 2.34 bits per heavy atom. The number of carbonyl (C=O) groups is 1. The lowest BCUT2D eigenvalue weighted by atomic mass is 10.1. The fourth-order valence-corrected chi connectivity index (χ4v) is 2.98. The molecule has 0 atom stereocenters. The van der Waals surface area contributed by atoms with Gasteiger partial charge in [-0.25, -0.2) is 0 Å². The first-order chi connectivity index (χ1) is 14.1. The van der Waals surface area contributed by atoms with Crippen molar-refractivity contribution >= 4 is 39.6 Å². The number of aromatic nitrogens is 2. The van der Waals surface area contributed by atoms with Crippen LogP contribution in [0.5, 0.6) is 0 Å². The van der Waals surface area contributed by atoms with E-state index in [0.717, 1.165) is 27.8 Å². The third-order valence-electron chi connectivity index (χ3n) is 4.58. The lowest BCUT2D eigenvalue weighted by molar-refractivity contribution is 0.102. The minimum absolute atomic E-state index is 0.138. The molecule has 1 amide bonds. The molecule has 29 heavy (non-hydrogen) atoms. The average Bonchev–Trinajstić information content (AvgIpc) is 2.75. The van der Waals surface area contributed by atoms with E-state index in [0.29, 0.717) is 11.4 Å². The zero-order valence-electron chi connectivity index (χ0n) is 16.3. The third-order valence-corrected chi connectivity index (χ3v) is 4.58. The number of anilines is 4. The number of fused-ring (bicyclic) bond motifs is 1. The second kappa shape index (κ2) is 7.98. The van der Waals surface area contributed by atoms with E-state index in [2.05, 4.69) is 20.8 Å². The van der Waals surface area contributed by atoms with Crippen molar-refractivity contribution in [3.63, 3.8) is 0 Å². The molecule has 0 saturated heterocycles. The van der Waals surface area contributed by atoms with Crippen LogP contribution in [0.4, 0.5) is 22.9 Å². The predicted molar refractivity (Wildman–Crippen MR) is 118 cm³/mol. The number of benzene rings is 3. The molecule has 0 radical (unpaired) electrons. The molecule has 4 rings (SSSR count). The first-order valence-corrected chi connectivity index (χ1v) is 9.26. The van der Waals surface area contributed by atoms with Gasteiger partial charge in [0.25, 0.3) is 5.91 Å². The molecule has 6 heteroatoms. The molecule has 0 unspecified atom stereocenters. The van der Waals surface area contributed by atoms with E-state index in [9.17, 15) is 4.79 Å². The monoisotopic (exact) mass is 383 g/mol. The van der Waals surface area contributed by atoms with Crippen LogP contribution in [0.2, 0.25) is 0 Å². The second-order valence-corrected chi connectivity index (χ2v) is 6.91.